The Kier molecular flexibility index (Phi) is 11.2. The first-order valence-electron chi connectivity index (χ1n) is 14.5. The van der Waals surface area contributed by atoms with E-state index >= 15 is 0 Å². The van der Waals surface area contributed by atoms with Gasteiger partial charge in [-0.2, -0.15) is 0 Å². The van der Waals surface area contributed by atoms with Crippen LogP contribution in [0.25, 0.3) is 0 Å². The first-order valence-corrected chi connectivity index (χ1v) is 16.4. The molecule has 1 N–H and O–H groups in total. The van der Waals surface area contributed by atoms with Gasteiger partial charge in [0.05, 0.1) is 10.6 Å². The van der Waals surface area contributed by atoms with Crippen molar-refractivity contribution in [1.82, 2.24) is 10.2 Å². The van der Waals surface area contributed by atoms with Gasteiger partial charge in [-0.3, -0.25) is 13.9 Å². The fourth-order valence-electron chi connectivity index (χ4n) is 4.77. The minimum atomic E-state index is -4.14. The Labute approximate surface area is 265 Å². The van der Waals surface area contributed by atoms with Crippen molar-refractivity contribution in [2.45, 2.75) is 44.7 Å². The SMILES string of the molecule is Cc1ccc(N(CC(=O)N(Cc2cccc(Cl)c2)[C@H](Cc2ccccc2)C(=O)NCC(C)C)S(=O)(=O)c2ccccc2)cc1. The minimum absolute atomic E-state index is 0.0547. The van der Waals surface area contributed by atoms with E-state index in [-0.39, 0.29) is 29.7 Å². The quantitative estimate of drug-likeness (QED) is 0.189. The molecule has 2 amide bonds. The van der Waals surface area contributed by atoms with E-state index in [0.717, 1.165) is 15.4 Å². The van der Waals surface area contributed by atoms with E-state index in [0.29, 0.717) is 22.8 Å². The molecule has 0 fully saturated rings. The van der Waals surface area contributed by atoms with Crippen LogP contribution in [0.2, 0.25) is 5.02 Å². The monoisotopic (exact) mass is 631 g/mol. The summed E-state index contributed by atoms with van der Waals surface area (Å²) in [6.07, 6.45) is 0.243. The molecule has 4 rings (SSSR count). The lowest BCUT2D eigenvalue weighted by atomic mass is 10.0. The van der Waals surface area contributed by atoms with E-state index in [4.69, 9.17) is 11.6 Å². The molecule has 0 unspecified atom stereocenters. The van der Waals surface area contributed by atoms with Crippen LogP contribution < -0.4 is 9.62 Å². The molecular weight excluding hydrogens is 594 g/mol. The lowest BCUT2D eigenvalue weighted by Crippen LogP contribution is -2.53. The van der Waals surface area contributed by atoms with Gasteiger partial charge in [0.1, 0.15) is 12.6 Å². The zero-order chi connectivity index (χ0) is 31.7. The van der Waals surface area contributed by atoms with Crippen LogP contribution >= 0.6 is 11.6 Å². The molecule has 0 aliphatic heterocycles. The number of sulfonamides is 1. The predicted molar refractivity (Wildman–Crippen MR) is 176 cm³/mol. The van der Waals surface area contributed by atoms with Gasteiger partial charge in [0.25, 0.3) is 10.0 Å². The molecule has 9 heteroatoms. The summed E-state index contributed by atoms with van der Waals surface area (Å²) in [7, 11) is -4.14. The van der Waals surface area contributed by atoms with Gasteiger partial charge in [-0.15, -0.1) is 0 Å². The molecule has 0 aromatic heterocycles. The zero-order valence-corrected chi connectivity index (χ0v) is 26.8. The summed E-state index contributed by atoms with van der Waals surface area (Å²) in [5.74, 6) is -0.641. The maximum Gasteiger partial charge on any atom is 0.264 e. The highest BCUT2D eigenvalue weighted by molar-refractivity contribution is 7.92. The molecule has 7 nitrogen and oxygen atoms in total. The number of nitrogens with zero attached hydrogens (tertiary/aromatic N) is 2. The second-order valence-corrected chi connectivity index (χ2v) is 13.5. The number of anilines is 1. The highest BCUT2D eigenvalue weighted by atomic mass is 35.5. The minimum Gasteiger partial charge on any atom is -0.354 e. The Bertz CT molecular complexity index is 1650. The third-order valence-electron chi connectivity index (χ3n) is 7.13. The number of carbonyl (C=O) groups excluding carboxylic acids is 2. The smallest absolute Gasteiger partial charge is 0.264 e. The van der Waals surface area contributed by atoms with E-state index in [2.05, 4.69) is 5.32 Å². The van der Waals surface area contributed by atoms with Crippen LogP contribution in [0.5, 0.6) is 0 Å². The lowest BCUT2D eigenvalue weighted by molar-refractivity contribution is -0.140. The van der Waals surface area contributed by atoms with Crippen LogP contribution in [-0.4, -0.2) is 44.3 Å². The summed E-state index contributed by atoms with van der Waals surface area (Å²) in [4.78, 5) is 29.8. The number of halogens is 1. The van der Waals surface area contributed by atoms with Crippen molar-refractivity contribution in [3.05, 3.63) is 131 Å². The highest BCUT2D eigenvalue weighted by Crippen LogP contribution is 2.26. The maximum atomic E-state index is 14.4. The average Bonchev–Trinajstić information content (AvgIpc) is 3.01. The molecular formula is C35H38ClN3O4S. The number of rotatable bonds is 13. The van der Waals surface area contributed by atoms with E-state index in [1.807, 2.05) is 57.2 Å². The molecule has 4 aromatic rings. The molecule has 0 saturated heterocycles. The zero-order valence-electron chi connectivity index (χ0n) is 25.2. The van der Waals surface area contributed by atoms with E-state index < -0.39 is 28.5 Å². The van der Waals surface area contributed by atoms with Crippen LogP contribution in [0.1, 0.15) is 30.5 Å². The molecule has 0 aliphatic carbocycles. The van der Waals surface area contributed by atoms with E-state index in [1.165, 1.54) is 17.0 Å². The second kappa shape index (κ2) is 15.0. The molecule has 0 heterocycles. The van der Waals surface area contributed by atoms with E-state index in [9.17, 15) is 18.0 Å². The largest absolute Gasteiger partial charge is 0.354 e. The highest BCUT2D eigenvalue weighted by Gasteiger charge is 2.34. The number of carbonyl (C=O) groups is 2. The Hall–Kier alpha value is -4.14. The fourth-order valence-corrected chi connectivity index (χ4v) is 6.42. The lowest BCUT2D eigenvalue weighted by Gasteiger charge is -2.34. The Morgan fingerprint density at radius 1 is 0.818 bits per heavy atom. The van der Waals surface area contributed by atoms with Crippen molar-refractivity contribution in [3.8, 4) is 0 Å². The number of hydrogen-bond acceptors (Lipinski definition) is 4. The average molecular weight is 632 g/mol. The molecule has 44 heavy (non-hydrogen) atoms. The molecule has 1 atom stereocenters. The first kappa shape index (κ1) is 32.8. The summed E-state index contributed by atoms with van der Waals surface area (Å²) < 4.78 is 29.1. The van der Waals surface area contributed by atoms with Crippen molar-refractivity contribution in [1.29, 1.82) is 0 Å². The summed E-state index contributed by atoms with van der Waals surface area (Å²) in [5, 5.41) is 3.48. The molecule has 0 bridgehead atoms. The van der Waals surface area contributed by atoms with Crippen molar-refractivity contribution in [2.75, 3.05) is 17.4 Å². The van der Waals surface area contributed by atoms with Gasteiger partial charge < -0.3 is 10.2 Å². The summed E-state index contributed by atoms with van der Waals surface area (Å²) >= 11 is 6.30. The van der Waals surface area contributed by atoms with Gasteiger partial charge in [0.2, 0.25) is 11.8 Å². The molecule has 230 valence electrons. The maximum absolute atomic E-state index is 14.4. The number of amides is 2. The Balaban J connectivity index is 1.79. The first-order chi connectivity index (χ1) is 21.0. The van der Waals surface area contributed by atoms with E-state index in [1.54, 1.807) is 60.7 Å². The van der Waals surface area contributed by atoms with Gasteiger partial charge in [-0.1, -0.05) is 104 Å². The van der Waals surface area contributed by atoms with Crippen molar-refractivity contribution < 1.29 is 18.0 Å². The normalized spacial score (nSPS) is 12.0. The summed E-state index contributed by atoms with van der Waals surface area (Å²) in [5.41, 5.74) is 2.88. The Morgan fingerprint density at radius 3 is 2.05 bits per heavy atom. The second-order valence-electron chi connectivity index (χ2n) is 11.2. The third-order valence-corrected chi connectivity index (χ3v) is 9.15. The Morgan fingerprint density at radius 2 is 1.43 bits per heavy atom. The van der Waals surface area contributed by atoms with Crippen molar-refractivity contribution >= 4 is 39.1 Å². The molecule has 4 aromatic carbocycles. The third kappa shape index (κ3) is 8.71. The number of nitrogens with one attached hydrogen (secondary N) is 1. The predicted octanol–water partition coefficient (Wildman–Crippen LogP) is 6.26. The van der Waals surface area contributed by atoms with Crippen molar-refractivity contribution in [2.24, 2.45) is 5.92 Å². The number of benzene rings is 4. The molecule has 0 spiro atoms. The van der Waals surface area contributed by atoms with Crippen LogP contribution in [0.15, 0.2) is 114 Å². The standard InChI is InChI=1S/C35H38ClN3O4S/c1-26(2)23-37-35(41)33(22-28-11-6-4-7-12-28)38(24-29-13-10-14-30(36)21-29)34(40)25-39(31-19-17-27(3)18-20-31)44(42,43)32-15-8-5-9-16-32/h4-21,26,33H,22-25H2,1-3H3,(H,37,41)/t33-/m1/s1. The fraction of sp³-hybridized carbons (Fsp3) is 0.257. The molecule has 0 saturated carbocycles. The van der Waals surface area contributed by atoms with Crippen LogP contribution in [0.4, 0.5) is 5.69 Å². The van der Waals surface area contributed by atoms with Gasteiger partial charge >= 0.3 is 0 Å². The summed E-state index contributed by atoms with van der Waals surface area (Å²) in [6, 6.07) is 30.6. The summed E-state index contributed by atoms with van der Waals surface area (Å²) in [6.45, 7) is 5.87. The van der Waals surface area contributed by atoms with Crippen molar-refractivity contribution in [3.63, 3.8) is 0 Å². The van der Waals surface area contributed by atoms with Crippen LogP contribution in [0, 0.1) is 12.8 Å². The number of aryl methyl sites for hydroxylation is 1. The van der Waals surface area contributed by atoms with Gasteiger partial charge in [-0.25, -0.2) is 8.42 Å². The van der Waals surface area contributed by atoms with Gasteiger partial charge in [0, 0.05) is 24.5 Å². The van der Waals surface area contributed by atoms with Crippen LogP contribution in [0.3, 0.4) is 0 Å². The van der Waals surface area contributed by atoms with Gasteiger partial charge in [0.15, 0.2) is 0 Å². The molecule has 0 aliphatic rings. The number of hydrogen-bond donors (Lipinski definition) is 1. The topological polar surface area (TPSA) is 86.8 Å². The van der Waals surface area contributed by atoms with Crippen LogP contribution in [-0.2, 0) is 32.6 Å². The van der Waals surface area contributed by atoms with Gasteiger partial charge in [-0.05, 0) is 60.4 Å². The molecule has 0 radical (unpaired) electrons.